The lowest BCUT2D eigenvalue weighted by Gasteiger charge is -2.07. The maximum Gasteiger partial charge on any atom is 0.175 e. The minimum Gasteiger partial charge on any atom is -0.494 e. The van der Waals surface area contributed by atoms with E-state index in [1.54, 1.807) is 35.0 Å². The topological polar surface area (TPSA) is 87.2 Å². The highest BCUT2D eigenvalue weighted by molar-refractivity contribution is 7.90. The number of benzene rings is 1. The van der Waals surface area contributed by atoms with E-state index in [4.69, 9.17) is 10.5 Å². The molecule has 0 spiro atoms. The maximum atomic E-state index is 11.3. The molecule has 7 heteroatoms. The number of aromatic nitrogens is 2. The molecule has 0 radical (unpaired) electrons. The molecule has 2 aromatic rings. The van der Waals surface area contributed by atoms with Crippen molar-refractivity contribution in [2.45, 2.75) is 17.9 Å². The first-order valence-electron chi connectivity index (χ1n) is 6.17. The number of nitrogen functional groups attached to an aromatic ring is 1. The fraction of sp³-hybridized carbons (Fsp3) is 0.308. The van der Waals surface area contributed by atoms with Crippen molar-refractivity contribution < 1.29 is 13.2 Å². The average molecular weight is 295 g/mol. The summed E-state index contributed by atoms with van der Waals surface area (Å²) in [5.74, 6) is 1.15. The predicted octanol–water partition coefficient (Wildman–Crippen LogP) is 1.34. The van der Waals surface area contributed by atoms with E-state index in [9.17, 15) is 8.42 Å². The van der Waals surface area contributed by atoms with Crippen LogP contribution in [0.25, 0.3) is 0 Å². The zero-order chi connectivity index (χ0) is 14.6. The SMILES string of the molecule is CS(=O)(=O)c1ccc(OCCCn2ccc(N)n2)cc1. The van der Waals surface area contributed by atoms with Gasteiger partial charge in [0, 0.05) is 25.4 Å². The summed E-state index contributed by atoms with van der Waals surface area (Å²) >= 11 is 0. The third-order valence-corrected chi connectivity index (χ3v) is 3.84. The zero-order valence-electron chi connectivity index (χ0n) is 11.2. The Kier molecular flexibility index (Phi) is 4.29. The van der Waals surface area contributed by atoms with Gasteiger partial charge < -0.3 is 10.5 Å². The molecular weight excluding hydrogens is 278 g/mol. The van der Waals surface area contributed by atoms with Gasteiger partial charge in [-0.25, -0.2) is 8.42 Å². The summed E-state index contributed by atoms with van der Waals surface area (Å²) in [6.45, 7) is 1.25. The lowest BCUT2D eigenvalue weighted by atomic mass is 10.3. The monoisotopic (exact) mass is 295 g/mol. The Hall–Kier alpha value is -2.02. The first-order chi connectivity index (χ1) is 9.45. The van der Waals surface area contributed by atoms with Crippen molar-refractivity contribution in [3.63, 3.8) is 0 Å². The molecule has 0 bridgehead atoms. The van der Waals surface area contributed by atoms with E-state index in [-0.39, 0.29) is 4.90 Å². The number of anilines is 1. The Morgan fingerprint density at radius 2 is 1.95 bits per heavy atom. The van der Waals surface area contributed by atoms with Crippen molar-refractivity contribution in [1.82, 2.24) is 9.78 Å². The van der Waals surface area contributed by atoms with Gasteiger partial charge in [-0.2, -0.15) is 5.10 Å². The highest BCUT2D eigenvalue weighted by atomic mass is 32.2. The predicted molar refractivity (Wildman–Crippen MR) is 76.3 cm³/mol. The summed E-state index contributed by atoms with van der Waals surface area (Å²) < 4.78 is 29.9. The summed E-state index contributed by atoms with van der Waals surface area (Å²) in [5.41, 5.74) is 5.51. The number of ether oxygens (including phenoxy) is 1. The number of aryl methyl sites for hydroxylation is 1. The van der Waals surface area contributed by atoms with Crippen molar-refractivity contribution in [3.8, 4) is 5.75 Å². The van der Waals surface area contributed by atoms with E-state index in [2.05, 4.69) is 5.10 Å². The first kappa shape index (κ1) is 14.4. The molecule has 1 aromatic carbocycles. The van der Waals surface area contributed by atoms with E-state index >= 15 is 0 Å². The second kappa shape index (κ2) is 5.96. The van der Waals surface area contributed by atoms with Crippen LogP contribution in [-0.2, 0) is 16.4 Å². The van der Waals surface area contributed by atoms with Crippen molar-refractivity contribution in [1.29, 1.82) is 0 Å². The Labute approximate surface area is 118 Å². The van der Waals surface area contributed by atoms with E-state index in [1.807, 2.05) is 6.20 Å². The van der Waals surface area contributed by atoms with E-state index in [0.717, 1.165) is 13.0 Å². The Morgan fingerprint density at radius 3 is 2.50 bits per heavy atom. The van der Waals surface area contributed by atoms with Crippen molar-refractivity contribution in [2.75, 3.05) is 18.6 Å². The normalized spacial score (nSPS) is 11.4. The molecule has 0 aliphatic rings. The third kappa shape index (κ3) is 3.99. The van der Waals surface area contributed by atoms with Crippen LogP contribution < -0.4 is 10.5 Å². The van der Waals surface area contributed by atoms with Gasteiger partial charge in [0.15, 0.2) is 9.84 Å². The number of hydrogen-bond acceptors (Lipinski definition) is 5. The van der Waals surface area contributed by atoms with Crippen molar-refractivity contribution in [3.05, 3.63) is 36.5 Å². The summed E-state index contributed by atoms with van der Waals surface area (Å²) in [5, 5.41) is 4.07. The van der Waals surface area contributed by atoms with Crippen molar-refractivity contribution >= 4 is 15.7 Å². The Bertz CT molecular complexity index is 662. The molecule has 1 heterocycles. The molecule has 0 aliphatic heterocycles. The van der Waals surface area contributed by atoms with Gasteiger partial charge in [0.1, 0.15) is 11.6 Å². The minimum absolute atomic E-state index is 0.289. The highest BCUT2D eigenvalue weighted by Crippen LogP contribution is 2.15. The highest BCUT2D eigenvalue weighted by Gasteiger charge is 2.06. The second-order valence-corrected chi connectivity index (χ2v) is 6.46. The molecule has 0 unspecified atom stereocenters. The van der Waals surface area contributed by atoms with Crippen LogP contribution in [0.2, 0.25) is 0 Å². The van der Waals surface area contributed by atoms with Crippen molar-refractivity contribution in [2.24, 2.45) is 0 Å². The van der Waals surface area contributed by atoms with Crippen LogP contribution in [0.15, 0.2) is 41.4 Å². The number of hydrogen-bond donors (Lipinski definition) is 1. The summed E-state index contributed by atoms with van der Waals surface area (Å²) in [4.78, 5) is 0.289. The molecule has 2 N–H and O–H groups in total. The third-order valence-electron chi connectivity index (χ3n) is 2.71. The number of nitrogens with two attached hydrogens (primary N) is 1. The summed E-state index contributed by atoms with van der Waals surface area (Å²) in [6, 6.07) is 8.13. The van der Waals surface area contributed by atoms with E-state index in [0.29, 0.717) is 18.2 Å². The number of nitrogens with zero attached hydrogens (tertiary/aromatic N) is 2. The summed E-state index contributed by atoms with van der Waals surface area (Å²) in [7, 11) is -3.16. The van der Waals surface area contributed by atoms with Gasteiger partial charge in [0.25, 0.3) is 0 Å². The molecule has 0 fully saturated rings. The number of sulfone groups is 1. The van der Waals surface area contributed by atoms with E-state index < -0.39 is 9.84 Å². The van der Waals surface area contributed by atoms with Gasteiger partial charge in [0.2, 0.25) is 0 Å². The smallest absolute Gasteiger partial charge is 0.175 e. The van der Waals surface area contributed by atoms with Gasteiger partial charge in [-0.1, -0.05) is 0 Å². The molecule has 0 amide bonds. The first-order valence-corrected chi connectivity index (χ1v) is 8.06. The molecule has 0 saturated heterocycles. The van der Waals surface area contributed by atoms with E-state index in [1.165, 1.54) is 6.26 Å². The minimum atomic E-state index is -3.16. The largest absolute Gasteiger partial charge is 0.494 e. The van der Waals surface area contributed by atoms with Gasteiger partial charge in [-0.05, 0) is 30.3 Å². The lowest BCUT2D eigenvalue weighted by Crippen LogP contribution is -2.05. The molecular formula is C13H17N3O3S. The second-order valence-electron chi connectivity index (χ2n) is 4.45. The maximum absolute atomic E-state index is 11.3. The zero-order valence-corrected chi connectivity index (χ0v) is 12.0. The molecule has 0 atom stereocenters. The van der Waals surface area contributed by atoms with Gasteiger partial charge in [-0.15, -0.1) is 0 Å². The molecule has 0 saturated carbocycles. The van der Waals surface area contributed by atoms with Crippen LogP contribution in [0.1, 0.15) is 6.42 Å². The van der Waals surface area contributed by atoms with Gasteiger partial charge >= 0.3 is 0 Å². The van der Waals surface area contributed by atoms with Gasteiger partial charge in [0.05, 0.1) is 11.5 Å². The van der Waals surface area contributed by atoms with Crippen LogP contribution >= 0.6 is 0 Å². The quantitative estimate of drug-likeness (QED) is 0.813. The fourth-order valence-electron chi connectivity index (χ4n) is 1.70. The Balaban J connectivity index is 1.80. The fourth-order valence-corrected chi connectivity index (χ4v) is 2.33. The molecule has 2 rings (SSSR count). The summed E-state index contributed by atoms with van der Waals surface area (Å²) in [6.07, 6.45) is 3.78. The lowest BCUT2D eigenvalue weighted by molar-refractivity contribution is 0.298. The van der Waals surface area contributed by atoms with Crippen LogP contribution in [0, 0.1) is 0 Å². The molecule has 1 aromatic heterocycles. The van der Waals surface area contributed by atoms with Crippen LogP contribution in [0.4, 0.5) is 5.82 Å². The Morgan fingerprint density at radius 1 is 1.25 bits per heavy atom. The average Bonchev–Trinajstić information content (AvgIpc) is 2.80. The molecule has 20 heavy (non-hydrogen) atoms. The molecule has 108 valence electrons. The molecule has 6 nitrogen and oxygen atoms in total. The van der Waals surface area contributed by atoms with Crippen LogP contribution in [-0.4, -0.2) is 31.1 Å². The number of rotatable bonds is 6. The van der Waals surface area contributed by atoms with Crippen LogP contribution in [0.5, 0.6) is 5.75 Å². The van der Waals surface area contributed by atoms with Gasteiger partial charge in [-0.3, -0.25) is 4.68 Å². The standard InChI is InChI=1S/C13H17N3O3S/c1-20(17,18)12-5-3-11(4-6-12)19-10-2-8-16-9-7-13(14)15-16/h3-7,9H,2,8,10H2,1H3,(H2,14,15). The molecule has 0 aliphatic carbocycles. The van der Waals surface area contributed by atoms with Crippen LogP contribution in [0.3, 0.4) is 0 Å².